The molecular weight excluding hydrogens is 240 g/mol. The Morgan fingerprint density at radius 3 is 2.71 bits per heavy atom. The lowest BCUT2D eigenvalue weighted by Crippen LogP contribution is -2.56. The van der Waals surface area contributed by atoms with Crippen molar-refractivity contribution in [1.82, 2.24) is 10.2 Å². The Morgan fingerprint density at radius 2 is 2.12 bits per heavy atom. The Bertz CT molecular complexity index is 290. The maximum Gasteiger partial charge on any atom is 0.329 e. The van der Waals surface area contributed by atoms with Gasteiger partial charge in [-0.05, 0) is 25.5 Å². The van der Waals surface area contributed by atoms with Crippen molar-refractivity contribution in [3.05, 3.63) is 0 Å². The Kier molecular flexibility index (Phi) is 5.11. The van der Waals surface area contributed by atoms with Crippen molar-refractivity contribution < 1.29 is 14.7 Å². The van der Waals surface area contributed by atoms with Gasteiger partial charge in [0.2, 0.25) is 0 Å². The first kappa shape index (κ1) is 14.2. The molecule has 1 heterocycles. The molecule has 0 aromatic carbocycles. The van der Waals surface area contributed by atoms with E-state index in [0.717, 1.165) is 17.9 Å². The number of carbonyl (C=O) groups is 2. The van der Waals surface area contributed by atoms with Crippen molar-refractivity contribution in [3.8, 4) is 0 Å². The number of nitrogens with one attached hydrogen (secondary N) is 1. The van der Waals surface area contributed by atoms with Crippen molar-refractivity contribution in [3.63, 3.8) is 0 Å². The highest BCUT2D eigenvalue weighted by Gasteiger charge is 2.34. The molecule has 0 bridgehead atoms. The molecule has 2 N–H and O–H groups in total. The fourth-order valence-corrected chi connectivity index (χ4v) is 2.44. The van der Waals surface area contributed by atoms with E-state index < -0.39 is 11.5 Å². The second kappa shape index (κ2) is 6.14. The number of aliphatic carboxylic acids is 1. The minimum absolute atomic E-state index is 0.265. The van der Waals surface area contributed by atoms with Crippen LogP contribution >= 0.6 is 11.8 Å². The van der Waals surface area contributed by atoms with Crippen LogP contribution < -0.4 is 5.32 Å². The predicted molar refractivity (Wildman–Crippen MR) is 68.4 cm³/mol. The van der Waals surface area contributed by atoms with E-state index >= 15 is 0 Å². The van der Waals surface area contributed by atoms with Crippen molar-refractivity contribution in [2.45, 2.75) is 32.2 Å². The average molecular weight is 260 g/mol. The largest absolute Gasteiger partial charge is 0.480 e. The molecule has 1 unspecified atom stereocenters. The standard InChI is InChI=1S/C11H20N2O3S/c1-3-11(2,9(14)15)12-10(16)13-5-4-7-17-8-6-13/h3-8H2,1-2H3,(H,12,16)(H,14,15). The van der Waals surface area contributed by atoms with Gasteiger partial charge in [0, 0.05) is 18.8 Å². The van der Waals surface area contributed by atoms with E-state index in [4.69, 9.17) is 5.11 Å². The summed E-state index contributed by atoms with van der Waals surface area (Å²) in [5, 5.41) is 11.7. The predicted octanol–water partition coefficient (Wildman–Crippen LogP) is 1.39. The molecule has 1 rings (SSSR count). The van der Waals surface area contributed by atoms with Crippen LogP contribution in [0.25, 0.3) is 0 Å². The van der Waals surface area contributed by atoms with Crippen LogP contribution in [0.1, 0.15) is 26.7 Å². The molecule has 0 spiro atoms. The summed E-state index contributed by atoms with van der Waals surface area (Å²) in [6, 6.07) is -0.265. The van der Waals surface area contributed by atoms with Gasteiger partial charge in [-0.25, -0.2) is 9.59 Å². The van der Waals surface area contributed by atoms with Crippen LogP contribution in [0.3, 0.4) is 0 Å². The smallest absolute Gasteiger partial charge is 0.329 e. The van der Waals surface area contributed by atoms with Gasteiger partial charge in [-0.2, -0.15) is 11.8 Å². The van der Waals surface area contributed by atoms with Crippen molar-refractivity contribution in [1.29, 1.82) is 0 Å². The van der Waals surface area contributed by atoms with Crippen LogP contribution in [-0.4, -0.2) is 52.1 Å². The highest BCUT2D eigenvalue weighted by molar-refractivity contribution is 7.99. The van der Waals surface area contributed by atoms with Gasteiger partial charge in [0.05, 0.1) is 0 Å². The summed E-state index contributed by atoms with van der Waals surface area (Å²) in [4.78, 5) is 24.8. The van der Waals surface area contributed by atoms with E-state index in [0.29, 0.717) is 19.5 Å². The van der Waals surface area contributed by atoms with Crippen LogP contribution in [0.5, 0.6) is 0 Å². The fraction of sp³-hybridized carbons (Fsp3) is 0.818. The Morgan fingerprint density at radius 1 is 1.41 bits per heavy atom. The Labute approximate surface area is 106 Å². The number of urea groups is 1. The van der Waals surface area contributed by atoms with Crippen molar-refractivity contribution in [2.75, 3.05) is 24.6 Å². The Balaban J connectivity index is 2.60. The zero-order valence-corrected chi connectivity index (χ0v) is 11.2. The van der Waals surface area contributed by atoms with Crippen LogP contribution in [0.15, 0.2) is 0 Å². The number of amides is 2. The summed E-state index contributed by atoms with van der Waals surface area (Å²) in [7, 11) is 0. The second-order valence-corrected chi connectivity index (χ2v) is 5.60. The molecule has 0 aliphatic carbocycles. The van der Waals surface area contributed by atoms with Crippen LogP contribution in [0.2, 0.25) is 0 Å². The maximum atomic E-state index is 12.0. The summed E-state index contributed by atoms with van der Waals surface area (Å²) in [6.07, 6.45) is 1.34. The quantitative estimate of drug-likeness (QED) is 0.804. The molecule has 0 radical (unpaired) electrons. The monoisotopic (exact) mass is 260 g/mol. The van der Waals surface area contributed by atoms with Gasteiger partial charge in [-0.15, -0.1) is 0 Å². The number of carboxylic acids is 1. The molecule has 1 saturated heterocycles. The molecule has 0 aromatic rings. The summed E-state index contributed by atoms with van der Waals surface area (Å²) in [6.45, 7) is 4.70. The van der Waals surface area contributed by atoms with E-state index in [1.165, 1.54) is 0 Å². The van der Waals surface area contributed by atoms with E-state index in [-0.39, 0.29) is 6.03 Å². The Hall–Kier alpha value is -0.910. The van der Waals surface area contributed by atoms with Crippen LogP contribution in [0, 0.1) is 0 Å². The molecule has 6 heteroatoms. The summed E-state index contributed by atoms with van der Waals surface area (Å²) in [5.74, 6) is 0.995. The third-order valence-corrected chi connectivity index (χ3v) is 4.12. The molecule has 2 amide bonds. The second-order valence-electron chi connectivity index (χ2n) is 4.37. The number of carboxylic acid groups (broad SMARTS) is 1. The van der Waals surface area contributed by atoms with Gasteiger partial charge in [0.25, 0.3) is 0 Å². The van der Waals surface area contributed by atoms with E-state index in [1.54, 1.807) is 18.7 Å². The van der Waals surface area contributed by atoms with Gasteiger partial charge in [0.15, 0.2) is 0 Å². The lowest BCUT2D eigenvalue weighted by molar-refractivity contribution is -0.143. The van der Waals surface area contributed by atoms with Crippen molar-refractivity contribution in [2.24, 2.45) is 0 Å². The highest BCUT2D eigenvalue weighted by atomic mass is 32.2. The number of nitrogens with zero attached hydrogens (tertiary/aromatic N) is 1. The first-order chi connectivity index (χ1) is 7.99. The van der Waals surface area contributed by atoms with E-state index in [1.807, 2.05) is 11.8 Å². The lowest BCUT2D eigenvalue weighted by Gasteiger charge is -2.29. The summed E-state index contributed by atoms with van der Waals surface area (Å²) in [5.41, 5.74) is -1.17. The van der Waals surface area contributed by atoms with Gasteiger partial charge >= 0.3 is 12.0 Å². The zero-order chi connectivity index (χ0) is 12.9. The van der Waals surface area contributed by atoms with Gasteiger partial charge in [0.1, 0.15) is 5.54 Å². The summed E-state index contributed by atoms with van der Waals surface area (Å²) < 4.78 is 0. The number of hydrogen-bond acceptors (Lipinski definition) is 3. The number of rotatable bonds is 3. The van der Waals surface area contributed by atoms with Gasteiger partial charge in [-0.3, -0.25) is 0 Å². The molecule has 1 atom stereocenters. The molecule has 98 valence electrons. The van der Waals surface area contributed by atoms with E-state index in [2.05, 4.69) is 5.32 Å². The third-order valence-electron chi connectivity index (χ3n) is 3.07. The minimum Gasteiger partial charge on any atom is -0.480 e. The maximum absolute atomic E-state index is 12.0. The molecule has 5 nitrogen and oxygen atoms in total. The normalized spacial score (nSPS) is 20.2. The van der Waals surface area contributed by atoms with E-state index in [9.17, 15) is 9.59 Å². The van der Waals surface area contributed by atoms with Gasteiger partial charge < -0.3 is 15.3 Å². The topological polar surface area (TPSA) is 69.6 Å². The molecule has 1 aliphatic heterocycles. The third kappa shape index (κ3) is 3.80. The minimum atomic E-state index is -1.17. The molecule has 0 aromatic heterocycles. The molecular formula is C11H20N2O3S. The first-order valence-electron chi connectivity index (χ1n) is 5.88. The first-order valence-corrected chi connectivity index (χ1v) is 7.03. The average Bonchev–Trinajstić information content (AvgIpc) is 2.57. The lowest BCUT2D eigenvalue weighted by atomic mass is 10.00. The molecule has 1 fully saturated rings. The molecule has 0 saturated carbocycles. The highest BCUT2D eigenvalue weighted by Crippen LogP contribution is 2.13. The van der Waals surface area contributed by atoms with Crippen LogP contribution in [0.4, 0.5) is 4.79 Å². The summed E-state index contributed by atoms with van der Waals surface area (Å²) >= 11 is 1.83. The number of thioether (sulfide) groups is 1. The van der Waals surface area contributed by atoms with Crippen LogP contribution in [-0.2, 0) is 4.79 Å². The SMILES string of the molecule is CCC(C)(NC(=O)N1CCCSCC1)C(=O)O. The van der Waals surface area contributed by atoms with Crippen molar-refractivity contribution >= 4 is 23.8 Å². The number of hydrogen-bond donors (Lipinski definition) is 2. The zero-order valence-electron chi connectivity index (χ0n) is 10.4. The molecule has 17 heavy (non-hydrogen) atoms. The fourth-order valence-electron chi connectivity index (χ4n) is 1.56. The number of carbonyl (C=O) groups excluding carboxylic acids is 1. The molecule has 1 aliphatic rings. The van der Waals surface area contributed by atoms with Gasteiger partial charge in [-0.1, -0.05) is 6.92 Å².